The second-order valence-electron chi connectivity index (χ2n) is 5.48. The van der Waals surface area contributed by atoms with Crippen molar-refractivity contribution in [2.24, 2.45) is 0 Å². The van der Waals surface area contributed by atoms with E-state index in [1.807, 2.05) is 0 Å². The van der Waals surface area contributed by atoms with Gasteiger partial charge in [0.1, 0.15) is 42.7 Å². The molecule has 0 aliphatic carbocycles. The molecule has 0 aromatic heterocycles. The van der Waals surface area contributed by atoms with Gasteiger partial charge in [0.2, 0.25) is 0 Å². The summed E-state index contributed by atoms with van der Waals surface area (Å²) < 4.78 is 28.7. The Morgan fingerprint density at radius 3 is 1.96 bits per heavy atom. The number of aliphatic hydroxyl groups is 7. The smallest absolute Gasteiger partial charge is 0.189 e. The third-order valence-electron chi connectivity index (χ3n) is 3.94. The molecule has 23 heavy (non-hydrogen) atoms. The molecular formula is C12H21FO10. The third-order valence-corrected chi connectivity index (χ3v) is 3.94. The van der Waals surface area contributed by atoms with E-state index in [0.717, 1.165) is 0 Å². The molecule has 2 fully saturated rings. The van der Waals surface area contributed by atoms with Crippen LogP contribution < -0.4 is 0 Å². The van der Waals surface area contributed by atoms with E-state index >= 15 is 0 Å². The van der Waals surface area contributed by atoms with Gasteiger partial charge >= 0.3 is 0 Å². The lowest BCUT2D eigenvalue weighted by Crippen LogP contribution is -2.63. The van der Waals surface area contributed by atoms with E-state index in [1.54, 1.807) is 0 Å². The summed E-state index contributed by atoms with van der Waals surface area (Å²) in [7, 11) is 0. The first-order valence-electron chi connectivity index (χ1n) is 7.04. The van der Waals surface area contributed by atoms with Crippen LogP contribution >= 0.6 is 0 Å². The fourth-order valence-electron chi connectivity index (χ4n) is 2.55. The van der Waals surface area contributed by atoms with Gasteiger partial charge in [-0.2, -0.15) is 0 Å². The quantitative estimate of drug-likeness (QED) is 0.264. The lowest BCUT2D eigenvalue weighted by molar-refractivity contribution is -0.350. The number of hydrogen-bond donors (Lipinski definition) is 7. The van der Waals surface area contributed by atoms with Crippen molar-refractivity contribution in [2.45, 2.75) is 61.5 Å². The van der Waals surface area contributed by atoms with Gasteiger partial charge < -0.3 is 50.0 Å². The molecule has 2 saturated heterocycles. The molecule has 0 radical (unpaired) electrons. The van der Waals surface area contributed by atoms with E-state index in [1.165, 1.54) is 0 Å². The molecule has 2 aliphatic rings. The van der Waals surface area contributed by atoms with Crippen LogP contribution in [0.5, 0.6) is 0 Å². The van der Waals surface area contributed by atoms with E-state index in [2.05, 4.69) is 0 Å². The Morgan fingerprint density at radius 2 is 1.39 bits per heavy atom. The summed E-state index contributed by atoms with van der Waals surface area (Å²) in [4.78, 5) is 0. The Balaban J connectivity index is 2.11. The molecule has 0 spiro atoms. The molecule has 7 N–H and O–H groups in total. The van der Waals surface area contributed by atoms with Crippen LogP contribution in [0.2, 0.25) is 0 Å². The second-order valence-corrected chi connectivity index (χ2v) is 5.48. The first-order chi connectivity index (χ1) is 10.8. The Labute approximate surface area is 130 Å². The highest BCUT2D eigenvalue weighted by atomic mass is 19.1. The Bertz CT molecular complexity index is 383. The highest BCUT2D eigenvalue weighted by molar-refractivity contribution is 4.93. The van der Waals surface area contributed by atoms with Gasteiger partial charge in [0.25, 0.3) is 0 Å². The van der Waals surface area contributed by atoms with Crippen molar-refractivity contribution >= 4 is 0 Å². The largest absolute Gasteiger partial charge is 0.394 e. The van der Waals surface area contributed by atoms with E-state index < -0.39 is 74.7 Å². The summed E-state index contributed by atoms with van der Waals surface area (Å²) in [6.45, 7) is -1.43. The van der Waals surface area contributed by atoms with Crippen molar-refractivity contribution in [3.05, 3.63) is 0 Å². The molecule has 0 bridgehead atoms. The molecule has 2 heterocycles. The van der Waals surface area contributed by atoms with E-state index in [-0.39, 0.29) is 0 Å². The van der Waals surface area contributed by atoms with Crippen LogP contribution in [-0.2, 0) is 14.2 Å². The van der Waals surface area contributed by atoms with Crippen molar-refractivity contribution in [1.29, 1.82) is 0 Å². The molecule has 2 rings (SSSR count). The zero-order valence-electron chi connectivity index (χ0n) is 11.9. The van der Waals surface area contributed by atoms with Gasteiger partial charge in [0, 0.05) is 0 Å². The average molecular weight is 344 g/mol. The lowest BCUT2D eigenvalue weighted by atomic mass is 9.97. The van der Waals surface area contributed by atoms with Crippen LogP contribution in [0.25, 0.3) is 0 Å². The Morgan fingerprint density at radius 1 is 0.783 bits per heavy atom. The Kier molecular flexibility index (Phi) is 6.24. The summed E-state index contributed by atoms with van der Waals surface area (Å²) in [5.74, 6) is 0. The molecule has 0 saturated carbocycles. The van der Waals surface area contributed by atoms with Gasteiger partial charge in [-0.25, -0.2) is 4.39 Å². The molecule has 10 atom stereocenters. The van der Waals surface area contributed by atoms with Crippen molar-refractivity contribution in [3.63, 3.8) is 0 Å². The SMILES string of the molecule is OC[C@H]1O[C@@H](O[C@H]2[C@H](O)[C@@H](F)[C@H](O)O[C@@H]2CO)[C@H](O)[C@@H](O)[C@@H]1O. The van der Waals surface area contributed by atoms with Gasteiger partial charge in [-0.1, -0.05) is 0 Å². The van der Waals surface area contributed by atoms with Crippen molar-refractivity contribution in [1.82, 2.24) is 0 Å². The molecule has 136 valence electrons. The topological polar surface area (TPSA) is 169 Å². The molecule has 0 aromatic rings. The first kappa shape index (κ1) is 18.9. The molecule has 0 amide bonds. The maximum absolute atomic E-state index is 13.6. The van der Waals surface area contributed by atoms with E-state index in [9.17, 15) is 35.0 Å². The monoisotopic (exact) mass is 344 g/mol. The van der Waals surface area contributed by atoms with Gasteiger partial charge in [-0.3, -0.25) is 0 Å². The maximum Gasteiger partial charge on any atom is 0.189 e. The number of alkyl halides is 1. The number of ether oxygens (including phenoxy) is 3. The van der Waals surface area contributed by atoms with E-state index in [0.29, 0.717) is 0 Å². The van der Waals surface area contributed by atoms with E-state index in [4.69, 9.17) is 19.3 Å². The fraction of sp³-hybridized carbons (Fsp3) is 1.00. The number of rotatable bonds is 4. The minimum Gasteiger partial charge on any atom is -0.394 e. The summed E-state index contributed by atoms with van der Waals surface area (Å²) in [5, 5.41) is 66.5. The van der Waals surface area contributed by atoms with Crippen LogP contribution in [0.3, 0.4) is 0 Å². The van der Waals surface area contributed by atoms with Gasteiger partial charge in [0.05, 0.1) is 13.2 Å². The van der Waals surface area contributed by atoms with Crippen LogP contribution in [-0.4, -0.2) is 110 Å². The van der Waals surface area contributed by atoms with Crippen LogP contribution in [0.1, 0.15) is 0 Å². The van der Waals surface area contributed by atoms with Crippen molar-refractivity contribution in [2.75, 3.05) is 13.2 Å². The maximum atomic E-state index is 13.6. The lowest BCUT2D eigenvalue weighted by Gasteiger charge is -2.44. The zero-order chi connectivity index (χ0) is 17.3. The summed E-state index contributed by atoms with van der Waals surface area (Å²) in [6.07, 6.45) is -16.9. The molecule has 0 unspecified atom stereocenters. The molecule has 0 aromatic carbocycles. The van der Waals surface area contributed by atoms with Crippen LogP contribution in [0, 0.1) is 0 Å². The number of hydrogen-bond acceptors (Lipinski definition) is 10. The third kappa shape index (κ3) is 3.64. The Hall–Kier alpha value is -0.470. The normalized spacial score (nSPS) is 51.7. The van der Waals surface area contributed by atoms with Crippen molar-refractivity contribution in [3.8, 4) is 0 Å². The van der Waals surface area contributed by atoms with Gasteiger partial charge in [-0.05, 0) is 0 Å². The summed E-state index contributed by atoms with van der Waals surface area (Å²) >= 11 is 0. The highest BCUT2D eigenvalue weighted by Gasteiger charge is 2.50. The average Bonchev–Trinajstić information content (AvgIpc) is 2.55. The minimum absolute atomic E-state index is 0.692. The van der Waals surface area contributed by atoms with Gasteiger partial charge in [0.15, 0.2) is 18.8 Å². The fourth-order valence-corrected chi connectivity index (χ4v) is 2.55. The predicted octanol–water partition coefficient (Wildman–Crippen LogP) is -4.42. The van der Waals surface area contributed by atoms with Crippen LogP contribution in [0.15, 0.2) is 0 Å². The minimum atomic E-state index is -2.23. The summed E-state index contributed by atoms with van der Waals surface area (Å²) in [5.41, 5.74) is 0. The molecular weight excluding hydrogens is 323 g/mol. The zero-order valence-corrected chi connectivity index (χ0v) is 11.9. The number of halogens is 1. The number of aliphatic hydroxyl groups excluding tert-OH is 7. The van der Waals surface area contributed by atoms with Gasteiger partial charge in [-0.15, -0.1) is 0 Å². The standard InChI is InChI=1S/C12H21FO10/c13-5-7(17)10(4(2-15)21-11(5)20)23-12-9(19)8(18)6(16)3(1-14)22-12/h3-12,14-20H,1-2H2/t3-,4-,5-,6-,7-,8+,9-,10-,11-,12+/m1/s1. The predicted molar refractivity (Wildman–Crippen MR) is 67.5 cm³/mol. The second kappa shape index (κ2) is 7.61. The summed E-state index contributed by atoms with van der Waals surface area (Å²) in [6, 6.07) is 0. The molecule has 10 nitrogen and oxygen atoms in total. The molecule has 2 aliphatic heterocycles. The van der Waals surface area contributed by atoms with Crippen LogP contribution in [0.4, 0.5) is 4.39 Å². The van der Waals surface area contributed by atoms with Crippen molar-refractivity contribution < 1.29 is 54.3 Å². The molecule has 11 heteroatoms. The highest BCUT2D eigenvalue weighted by Crippen LogP contribution is 2.29. The first-order valence-corrected chi connectivity index (χ1v) is 7.04.